The number of halogens is 1. The molecule has 0 atom stereocenters. The van der Waals surface area contributed by atoms with Gasteiger partial charge in [-0.2, -0.15) is 0 Å². The molecule has 0 aliphatic carbocycles. The Morgan fingerprint density at radius 1 is 1.25 bits per heavy atom. The molecule has 3 nitrogen and oxygen atoms in total. The molecule has 0 heterocycles. The van der Waals surface area contributed by atoms with E-state index in [1.165, 1.54) is 0 Å². The number of para-hydroxylation sites is 2. The van der Waals surface area contributed by atoms with E-state index in [4.69, 9.17) is 16.2 Å². The standard InChI is InChI=1S/C8H12N2O.ClH/c9-5-6-11-8-4-2-1-3-7(8)10;/h1-4H,5-6,9-10H2;1H. The molecule has 4 heteroatoms. The van der Waals surface area contributed by atoms with Crippen LogP contribution in [-0.4, -0.2) is 13.2 Å². The fraction of sp³-hybridized carbons (Fsp3) is 0.250. The van der Waals surface area contributed by atoms with Gasteiger partial charge in [-0.15, -0.1) is 12.4 Å². The highest BCUT2D eigenvalue weighted by Crippen LogP contribution is 2.18. The molecule has 0 aromatic heterocycles. The van der Waals surface area contributed by atoms with Crippen LogP contribution in [0.3, 0.4) is 0 Å². The second-order valence-corrected chi connectivity index (χ2v) is 2.17. The number of nitrogens with two attached hydrogens (primary N) is 2. The Balaban J connectivity index is 0.00000121. The smallest absolute Gasteiger partial charge is 0.142 e. The van der Waals surface area contributed by atoms with Crippen LogP contribution in [-0.2, 0) is 0 Å². The first-order valence-electron chi connectivity index (χ1n) is 3.52. The summed E-state index contributed by atoms with van der Waals surface area (Å²) in [5.74, 6) is 0.706. The fourth-order valence-corrected chi connectivity index (χ4v) is 0.781. The van der Waals surface area contributed by atoms with Crippen LogP contribution in [0.1, 0.15) is 0 Å². The van der Waals surface area contributed by atoms with Crippen molar-refractivity contribution in [2.45, 2.75) is 0 Å². The minimum atomic E-state index is 0. The number of rotatable bonds is 3. The van der Waals surface area contributed by atoms with Crippen molar-refractivity contribution in [2.75, 3.05) is 18.9 Å². The minimum absolute atomic E-state index is 0. The number of anilines is 1. The van der Waals surface area contributed by atoms with Crippen molar-refractivity contribution in [3.05, 3.63) is 24.3 Å². The van der Waals surface area contributed by atoms with E-state index in [0.717, 1.165) is 0 Å². The van der Waals surface area contributed by atoms with Gasteiger partial charge in [0.1, 0.15) is 12.4 Å². The number of hydrogen-bond donors (Lipinski definition) is 2. The van der Waals surface area contributed by atoms with Crippen LogP contribution in [0.2, 0.25) is 0 Å². The van der Waals surface area contributed by atoms with Crippen molar-refractivity contribution >= 4 is 18.1 Å². The Morgan fingerprint density at radius 3 is 2.50 bits per heavy atom. The van der Waals surface area contributed by atoms with Gasteiger partial charge >= 0.3 is 0 Å². The summed E-state index contributed by atoms with van der Waals surface area (Å²) in [6, 6.07) is 7.36. The van der Waals surface area contributed by atoms with E-state index in [2.05, 4.69) is 0 Å². The molecule has 0 saturated carbocycles. The first-order valence-corrected chi connectivity index (χ1v) is 3.52. The average Bonchev–Trinajstić information content (AvgIpc) is 2.03. The van der Waals surface area contributed by atoms with Gasteiger partial charge in [-0.05, 0) is 12.1 Å². The van der Waals surface area contributed by atoms with Crippen molar-refractivity contribution in [1.29, 1.82) is 0 Å². The maximum atomic E-state index is 5.60. The summed E-state index contributed by atoms with van der Waals surface area (Å²) in [5, 5.41) is 0. The van der Waals surface area contributed by atoms with E-state index in [1.807, 2.05) is 18.2 Å². The number of ether oxygens (including phenoxy) is 1. The Hall–Kier alpha value is -0.930. The van der Waals surface area contributed by atoms with Crippen LogP contribution in [0.15, 0.2) is 24.3 Å². The van der Waals surface area contributed by atoms with Gasteiger partial charge in [-0.3, -0.25) is 0 Å². The number of benzene rings is 1. The monoisotopic (exact) mass is 188 g/mol. The molecule has 0 fully saturated rings. The van der Waals surface area contributed by atoms with Crippen LogP contribution in [0, 0.1) is 0 Å². The van der Waals surface area contributed by atoms with Gasteiger partial charge in [0.05, 0.1) is 5.69 Å². The van der Waals surface area contributed by atoms with Crippen LogP contribution in [0.4, 0.5) is 5.69 Å². The van der Waals surface area contributed by atoms with Gasteiger partial charge in [0.15, 0.2) is 0 Å². The molecule has 1 aromatic rings. The lowest BCUT2D eigenvalue weighted by Gasteiger charge is -2.05. The normalized spacial score (nSPS) is 8.75. The molecule has 0 amide bonds. The van der Waals surface area contributed by atoms with Crippen LogP contribution >= 0.6 is 12.4 Å². The van der Waals surface area contributed by atoms with E-state index in [1.54, 1.807) is 6.07 Å². The molecular weight excluding hydrogens is 176 g/mol. The lowest BCUT2D eigenvalue weighted by atomic mass is 10.3. The van der Waals surface area contributed by atoms with E-state index in [0.29, 0.717) is 24.6 Å². The molecule has 12 heavy (non-hydrogen) atoms. The molecular formula is C8H13ClN2O. The largest absolute Gasteiger partial charge is 0.490 e. The van der Waals surface area contributed by atoms with Gasteiger partial charge in [-0.25, -0.2) is 0 Å². The molecule has 68 valence electrons. The SMILES string of the molecule is Cl.NCCOc1ccccc1N. The van der Waals surface area contributed by atoms with Gasteiger partial charge in [0, 0.05) is 6.54 Å². The second-order valence-electron chi connectivity index (χ2n) is 2.17. The Bertz CT molecular complexity index is 230. The fourth-order valence-electron chi connectivity index (χ4n) is 0.781. The Labute approximate surface area is 78.1 Å². The third-order valence-electron chi connectivity index (χ3n) is 1.29. The predicted octanol–water partition coefficient (Wildman–Crippen LogP) is 1.03. The summed E-state index contributed by atoms with van der Waals surface area (Å²) < 4.78 is 5.24. The highest BCUT2D eigenvalue weighted by atomic mass is 35.5. The highest BCUT2D eigenvalue weighted by Gasteiger charge is 1.95. The van der Waals surface area contributed by atoms with Crippen LogP contribution in [0.5, 0.6) is 5.75 Å². The lowest BCUT2D eigenvalue weighted by Crippen LogP contribution is -2.11. The van der Waals surface area contributed by atoms with E-state index < -0.39 is 0 Å². The second kappa shape index (κ2) is 5.69. The summed E-state index contributed by atoms with van der Waals surface area (Å²) >= 11 is 0. The van der Waals surface area contributed by atoms with Crippen molar-refractivity contribution in [2.24, 2.45) is 5.73 Å². The summed E-state index contributed by atoms with van der Waals surface area (Å²) in [6.07, 6.45) is 0. The van der Waals surface area contributed by atoms with E-state index >= 15 is 0 Å². The van der Waals surface area contributed by atoms with E-state index in [9.17, 15) is 0 Å². The van der Waals surface area contributed by atoms with Gasteiger partial charge in [-0.1, -0.05) is 12.1 Å². The molecule has 0 spiro atoms. The van der Waals surface area contributed by atoms with E-state index in [-0.39, 0.29) is 12.4 Å². The molecule has 0 saturated heterocycles. The minimum Gasteiger partial charge on any atom is -0.490 e. The highest BCUT2D eigenvalue weighted by molar-refractivity contribution is 5.85. The quantitative estimate of drug-likeness (QED) is 0.697. The molecule has 0 radical (unpaired) electrons. The Kier molecular flexibility index (Phi) is 5.25. The van der Waals surface area contributed by atoms with Gasteiger partial charge in [0.25, 0.3) is 0 Å². The molecule has 0 aliphatic heterocycles. The predicted molar refractivity (Wildman–Crippen MR) is 52.7 cm³/mol. The van der Waals surface area contributed by atoms with Crippen molar-refractivity contribution < 1.29 is 4.74 Å². The third-order valence-corrected chi connectivity index (χ3v) is 1.29. The molecule has 0 unspecified atom stereocenters. The lowest BCUT2D eigenvalue weighted by molar-refractivity contribution is 0.330. The number of hydrogen-bond acceptors (Lipinski definition) is 3. The van der Waals surface area contributed by atoms with Gasteiger partial charge < -0.3 is 16.2 Å². The first-order chi connectivity index (χ1) is 5.34. The zero-order chi connectivity index (χ0) is 8.10. The molecule has 1 rings (SSSR count). The molecule has 4 N–H and O–H groups in total. The summed E-state index contributed by atoms with van der Waals surface area (Å²) in [7, 11) is 0. The van der Waals surface area contributed by atoms with Gasteiger partial charge in [0.2, 0.25) is 0 Å². The van der Waals surface area contributed by atoms with Crippen molar-refractivity contribution in [1.82, 2.24) is 0 Å². The van der Waals surface area contributed by atoms with Crippen molar-refractivity contribution in [3.63, 3.8) is 0 Å². The van der Waals surface area contributed by atoms with Crippen LogP contribution < -0.4 is 16.2 Å². The van der Waals surface area contributed by atoms with Crippen LogP contribution in [0.25, 0.3) is 0 Å². The maximum Gasteiger partial charge on any atom is 0.142 e. The number of nitrogen functional groups attached to an aromatic ring is 1. The summed E-state index contributed by atoms with van der Waals surface area (Å²) in [5.41, 5.74) is 11.5. The zero-order valence-electron chi connectivity index (χ0n) is 6.69. The first kappa shape index (κ1) is 11.1. The molecule has 0 bridgehead atoms. The maximum absolute atomic E-state index is 5.60. The Morgan fingerprint density at radius 2 is 1.92 bits per heavy atom. The third kappa shape index (κ3) is 2.98. The molecule has 0 aliphatic rings. The average molecular weight is 189 g/mol. The topological polar surface area (TPSA) is 61.3 Å². The van der Waals surface area contributed by atoms with Crippen molar-refractivity contribution in [3.8, 4) is 5.75 Å². The molecule has 1 aromatic carbocycles. The zero-order valence-corrected chi connectivity index (χ0v) is 7.51. The summed E-state index contributed by atoms with van der Waals surface area (Å²) in [6.45, 7) is 1.02. The summed E-state index contributed by atoms with van der Waals surface area (Å²) in [4.78, 5) is 0.